The average molecular weight is 369 g/mol. The first-order valence-electron chi connectivity index (χ1n) is 8.45. The van der Waals surface area contributed by atoms with Gasteiger partial charge in [-0.1, -0.05) is 23.9 Å². The predicted octanol–water partition coefficient (Wildman–Crippen LogP) is 2.42. The molecule has 1 fully saturated rings. The lowest BCUT2D eigenvalue weighted by atomic mass is 10.2. The number of carbonyl (C=O) groups excluding carboxylic acids is 1. The molecule has 0 unspecified atom stereocenters. The Morgan fingerprint density at radius 3 is 2.85 bits per heavy atom. The number of carbonyl (C=O) groups is 1. The van der Waals surface area contributed by atoms with Crippen LogP contribution in [0.5, 0.6) is 5.75 Å². The zero-order valence-electron chi connectivity index (χ0n) is 14.4. The van der Waals surface area contributed by atoms with Crippen LogP contribution >= 0.6 is 11.8 Å². The molecule has 0 spiro atoms. The molecule has 0 bridgehead atoms. The summed E-state index contributed by atoms with van der Waals surface area (Å²) in [6.45, 7) is 0.619. The first kappa shape index (κ1) is 16.8. The Morgan fingerprint density at radius 2 is 2.15 bits per heavy atom. The molecule has 0 atom stereocenters. The molecule has 7 nitrogen and oxygen atoms in total. The van der Waals surface area contributed by atoms with E-state index in [0.29, 0.717) is 29.3 Å². The maximum atomic E-state index is 12.7. The largest absolute Gasteiger partial charge is 0.497 e. The van der Waals surface area contributed by atoms with E-state index in [1.165, 1.54) is 11.8 Å². The van der Waals surface area contributed by atoms with Gasteiger partial charge in [-0.25, -0.2) is 9.50 Å². The highest BCUT2D eigenvalue weighted by Crippen LogP contribution is 2.30. The second-order valence-corrected chi connectivity index (χ2v) is 7.09. The fraction of sp³-hybridized carbons (Fsp3) is 0.333. The molecule has 1 aliphatic carbocycles. The lowest BCUT2D eigenvalue weighted by Gasteiger charge is -2.22. The number of nitrogens with zero attached hydrogens (tertiary/aromatic N) is 5. The monoisotopic (exact) mass is 369 g/mol. The van der Waals surface area contributed by atoms with Gasteiger partial charge in [-0.2, -0.15) is 4.98 Å². The number of amides is 1. The second-order valence-electron chi connectivity index (χ2n) is 6.15. The van der Waals surface area contributed by atoms with Gasteiger partial charge in [0.2, 0.25) is 11.1 Å². The maximum Gasteiger partial charge on any atom is 0.253 e. The number of fused-ring (bicyclic) bond motifs is 1. The lowest BCUT2D eigenvalue weighted by molar-refractivity contribution is -0.129. The van der Waals surface area contributed by atoms with E-state index in [1.807, 2.05) is 29.2 Å². The van der Waals surface area contributed by atoms with Crippen LogP contribution in [0.1, 0.15) is 18.4 Å². The number of methoxy groups -OCH3 is 1. The Kier molecular flexibility index (Phi) is 4.75. The SMILES string of the molecule is COc1ccc(CN(C(=O)CSc2nc3ncccn3n2)C2CC2)cc1. The fourth-order valence-corrected chi connectivity index (χ4v) is 3.43. The van der Waals surface area contributed by atoms with E-state index in [-0.39, 0.29) is 5.91 Å². The van der Waals surface area contributed by atoms with Crippen molar-refractivity contribution < 1.29 is 9.53 Å². The van der Waals surface area contributed by atoms with Gasteiger partial charge in [-0.15, -0.1) is 5.10 Å². The number of benzene rings is 1. The highest BCUT2D eigenvalue weighted by atomic mass is 32.2. The van der Waals surface area contributed by atoms with Crippen LogP contribution < -0.4 is 4.74 Å². The van der Waals surface area contributed by atoms with Crippen LogP contribution in [0.4, 0.5) is 0 Å². The van der Waals surface area contributed by atoms with Crippen LogP contribution in [-0.4, -0.2) is 49.3 Å². The number of rotatable bonds is 7. The molecule has 2 heterocycles. The Hall–Kier alpha value is -2.61. The molecule has 1 aliphatic rings. The van der Waals surface area contributed by atoms with Gasteiger partial charge in [-0.3, -0.25) is 4.79 Å². The summed E-state index contributed by atoms with van der Waals surface area (Å²) in [7, 11) is 1.65. The van der Waals surface area contributed by atoms with Crippen LogP contribution in [-0.2, 0) is 11.3 Å². The molecule has 1 aromatic carbocycles. The van der Waals surface area contributed by atoms with Crippen LogP contribution in [0.3, 0.4) is 0 Å². The maximum absolute atomic E-state index is 12.7. The smallest absolute Gasteiger partial charge is 0.253 e. The van der Waals surface area contributed by atoms with Crippen molar-refractivity contribution in [2.24, 2.45) is 0 Å². The molecule has 1 saturated carbocycles. The van der Waals surface area contributed by atoms with Crippen molar-refractivity contribution >= 4 is 23.4 Å². The normalized spacial score (nSPS) is 13.7. The molecule has 0 saturated heterocycles. The zero-order valence-corrected chi connectivity index (χ0v) is 15.2. The zero-order chi connectivity index (χ0) is 17.9. The molecule has 0 radical (unpaired) electrons. The summed E-state index contributed by atoms with van der Waals surface area (Å²) in [5.74, 6) is 1.80. The van der Waals surface area contributed by atoms with Crippen molar-refractivity contribution in [3.8, 4) is 5.75 Å². The summed E-state index contributed by atoms with van der Waals surface area (Å²) in [6.07, 6.45) is 5.61. The highest BCUT2D eigenvalue weighted by Gasteiger charge is 2.32. The standard InChI is InChI=1S/C18H19N5O2S/c1-25-15-7-3-13(4-8-15)11-22(14-5-6-14)16(24)12-26-18-20-17-19-9-2-10-23(17)21-18/h2-4,7-10,14H,5-6,11-12H2,1H3. The molecule has 8 heteroatoms. The van der Waals surface area contributed by atoms with E-state index in [2.05, 4.69) is 15.1 Å². The van der Waals surface area contributed by atoms with Crippen molar-refractivity contribution in [2.45, 2.75) is 30.6 Å². The Morgan fingerprint density at radius 1 is 1.35 bits per heavy atom. The molecule has 3 aromatic rings. The average Bonchev–Trinajstić information content (AvgIpc) is 3.43. The first-order chi connectivity index (χ1) is 12.7. The van der Waals surface area contributed by atoms with Gasteiger partial charge in [0.05, 0.1) is 12.9 Å². The Bertz CT molecular complexity index is 874. The molecule has 134 valence electrons. The van der Waals surface area contributed by atoms with E-state index in [0.717, 1.165) is 24.2 Å². The van der Waals surface area contributed by atoms with E-state index >= 15 is 0 Å². The summed E-state index contributed by atoms with van der Waals surface area (Å²) >= 11 is 1.35. The van der Waals surface area contributed by atoms with Crippen molar-refractivity contribution in [1.29, 1.82) is 0 Å². The quantitative estimate of drug-likeness (QED) is 0.596. The first-order valence-corrected chi connectivity index (χ1v) is 9.44. The van der Waals surface area contributed by atoms with Gasteiger partial charge in [0.15, 0.2) is 0 Å². The predicted molar refractivity (Wildman–Crippen MR) is 98.1 cm³/mol. The number of aromatic nitrogens is 4. The Balaban J connectivity index is 1.40. The lowest BCUT2D eigenvalue weighted by Crippen LogP contribution is -2.34. The van der Waals surface area contributed by atoms with Crippen molar-refractivity contribution in [1.82, 2.24) is 24.5 Å². The van der Waals surface area contributed by atoms with Crippen molar-refractivity contribution in [2.75, 3.05) is 12.9 Å². The minimum Gasteiger partial charge on any atom is -0.497 e. The minimum atomic E-state index is 0.111. The third-order valence-corrected chi connectivity index (χ3v) is 5.06. The van der Waals surface area contributed by atoms with E-state index in [9.17, 15) is 4.79 Å². The Labute approximate surface area is 155 Å². The summed E-state index contributed by atoms with van der Waals surface area (Å²) in [5.41, 5.74) is 1.10. The van der Waals surface area contributed by atoms with Gasteiger partial charge < -0.3 is 9.64 Å². The van der Waals surface area contributed by atoms with Gasteiger partial charge >= 0.3 is 0 Å². The molecular formula is C18H19N5O2S. The van der Waals surface area contributed by atoms with Gasteiger partial charge in [0.1, 0.15) is 5.75 Å². The summed E-state index contributed by atoms with van der Waals surface area (Å²) in [5, 5.41) is 4.90. The molecule has 0 N–H and O–H groups in total. The highest BCUT2D eigenvalue weighted by molar-refractivity contribution is 7.99. The molecular weight excluding hydrogens is 350 g/mol. The third-order valence-electron chi connectivity index (χ3n) is 4.24. The van der Waals surface area contributed by atoms with E-state index in [4.69, 9.17) is 4.74 Å². The second kappa shape index (κ2) is 7.33. The van der Waals surface area contributed by atoms with E-state index < -0.39 is 0 Å². The topological polar surface area (TPSA) is 72.6 Å². The fourth-order valence-electron chi connectivity index (χ4n) is 2.72. The van der Waals surface area contributed by atoms with Gasteiger partial charge in [0.25, 0.3) is 5.78 Å². The van der Waals surface area contributed by atoms with Crippen LogP contribution in [0.15, 0.2) is 47.9 Å². The minimum absolute atomic E-state index is 0.111. The molecule has 4 rings (SSSR count). The summed E-state index contributed by atoms with van der Waals surface area (Å²) in [6, 6.07) is 10.0. The number of hydrogen-bond acceptors (Lipinski definition) is 6. The van der Waals surface area contributed by atoms with Crippen LogP contribution in [0.2, 0.25) is 0 Å². The summed E-state index contributed by atoms with van der Waals surface area (Å²) in [4.78, 5) is 23.2. The molecule has 0 aliphatic heterocycles. The van der Waals surface area contributed by atoms with Crippen molar-refractivity contribution in [3.63, 3.8) is 0 Å². The summed E-state index contributed by atoms with van der Waals surface area (Å²) < 4.78 is 6.80. The number of thioether (sulfide) groups is 1. The van der Waals surface area contributed by atoms with Crippen LogP contribution in [0.25, 0.3) is 5.78 Å². The molecule has 26 heavy (non-hydrogen) atoms. The third kappa shape index (κ3) is 3.80. The van der Waals surface area contributed by atoms with E-state index in [1.54, 1.807) is 30.1 Å². The van der Waals surface area contributed by atoms with Gasteiger partial charge in [0, 0.05) is 25.0 Å². The number of hydrogen-bond donors (Lipinski definition) is 0. The molecule has 1 amide bonds. The number of ether oxygens (including phenoxy) is 1. The molecule has 2 aromatic heterocycles. The van der Waals surface area contributed by atoms with Crippen molar-refractivity contribution in [3.05, 3.63) is 48.3 Å². The van der Waals surface area contributed by atoms with Crippen LogP contribution in [0, 0.1) is 0 Å². The van der Waals surface area contributed by atoms with Gasteiger partial charge in [-0.05, 0) is 36.6 Å².